The monoisotopic (exact) mass is 341 g/mol. The van der Waals surface area contributed by atoms with Crippen molar-refractivity contribution in [1.82, 2.24) is 20.3 Å². The fourth-order valence-corrected chi connectivity index (χ4v) is 1.61. The first-order valence-corrected chi connectivity index (χ1v) is 7.59. The molecule has 2 N–H and O–H groups in total. The third-order valence-corrected chi connectivity index (χ3v) is 2.79. The number of ether oxygens (including phenoxy) is 3. The molecule has 0 fully saturated rings. The minimum atomic E-state index is -0.523. The number of carbonyl (C=O) groups is 1. The molecule has 1 amide bonds. The SMILES string of the molecule is COc1nc(NCC(C)(C)CNC(=O)OC(C)(C)C)nc(OC)n1. The van der Waals surface area contributed by atoms with Crippen LogP contribution in [0, 0.1) is 5.41 Å². The average Bonchev–Trinajstić information content (AvgIpc) is 2.49. The van der Waals surface area contributed by atoms with Crippen molar-refractivity contribution in [1.29, 1.82) is 0 Å². The van der Waals surface area contributed by atoms with Crippen LogP contribution in [-0.4, -0.2) is 54.0 Å². The molecule has 0 aliphatic heterocycles. The number of rotatable bonds is 7. The van der Waals surface area contributed by atoms with E-state index < -0.39 is 11.7 Å². The van der Waals surface area contributed by atoms with Crippen LogP contribution < -0.4 is 20.1 Å². The first-order chi connectivity index (χ1) is 11.0. The van der Waals surface area contributed by atoms with Crippen molar-refractivity contribution in [3.05, 3.63) is 0 Å². The molecule has 1 aromatic rings. The van der Waals surface area contributed by atoms with Crippen LogP contribution in [0.25, 0.3) is 0 Å². The molecule has 1 aromatic heterocycles. The van der Waals surface area contributed by atoms with Crippen LogP contribution in [0.5, 0.6) is 12.0 Å². The zero-order valence-electron chi connectivity index (χ0n) is 15.4. The van der Waals surface area contributed by atoms with Gasteiger partial charge in [0.2, 0.25) is 5.95 Å². The van der Waals surface area contributed by atoms with Crippen LogP contribution in [0.1, 0.15) is 34.6 Å². The number of aromatic nitrogens is 3. The number of amides is 1. The zero-order valence-corrected chi connectivity index (χ0v) is 15.4. The van der Waals surface area contributed by atoms with E-state index in [1.54, 1.807) is 0 Å². The zero-order chi connectivity index (χ0) is 18.4. The topological polar surface area (TPSA) is 107 Å². The number of alkyl carbamates (subject to hydrolysis) is 1. The van der Waals surface area contributed by atoms with E-state index >= 15 is 0 Å². The summed E-state index contributed by atoms with van der Waals surface area (Å²) in [6, 6.07) is 0.322. The predicted octanol–water partition coefficient (Wildman–Crippen LogP) is 1.85. The van der Waals surface area contributed by atoms with Gasteiger partial charge in [-0.05, 0) is 26.2 Å². The molecule has 0 saturated carbocycles. The first kappa shape index (κ1) is 19.7. The molecule has 0 unspecified atom stereocenters. The summed E-state index contributed by atoms with van der Waals surface area (Å²) < 4.78 is 15.2. The van der Waals surface area contributed by atoms with Crippen LogP contribution in [0.15, 0.2) is 0 Å². The smallest absolute Gasteiger partial charge is 0.407 e. The Morgan fingerprint density at radius 1 is 0.958 bits per heavy atom. The van der Waals surface area contributed by atoms with E-state index in [0.29, 0.717) is 19.0 Å². The highest BCUT2D eigenvalue weighted by molar-refractivity contribution is 5.67. The van der Waals surface area contributed by atoms with Crippen molar-refractivity contribution >= 4 is 12.0 Å². The Morgan fingerprint density at radius 3 is 1.96 bits per heavy atom. The van der Waals surface area contributed by atoms with Gasteiger partial charge in [-0.15, -0.1) is 4.98 Å². The molecule has 0 bridgehead atoms. The highest BCUT2D eigenvalue weighted by Crippen LogP contribution is 2.17. The van der Waals surface area contributed by atoms with Gasteiger partial charge >= 0.3 is 18.1 Å². The minimum absolute atomic E-state index is 0.161. The molecule has 1 rings (SSSR count). The van der Waals surface area contributed by atoms with Crippen LogP contribution in [-0.2, 0) is 4.74 Å². The van der Waals surface area contributed by atoms with Gasteiger partial charge in [-0.3, -0.25) is 0 Å². The molecule has 1 heterocycles. The number of nitrogens with one attached hydrogen (secondary N) is 2. The fourth-order valence-electron chi connectivity index (χ4n) is 1.61. The Bertz CT molecular complexity index is 535. The molecule has 0 aliphatic rings. The van der Waals surface area contributed by atoms with E-state index in [2.05, 4.69) is 25.6 Å². The molecule has 0 atom stereocenters. The molecule has 24 heavy (non-hydrogen) atoms. The number of carbonyl (C=O) groups excluding carboxylic acids is 1. The summed E-state index contributed by atoms with van der Waals surface area (Å²) >= 11 is 0. The fraction of sp³-hybridized carbons (Fsp3) is 0.733. The highest BCUT2D eigenvalue weighted by Gasteiger charge is 2.22. The lowest BCUT2D eigenvalue weighted by molar-refractivity contribution is 0.0508. The van der Waals surface area contributed by atoms with Gasteiger partial charge < -0.3 is 24.8 Å². The summed E-state index contributed by atoms with van der Waals surface area (Å²) in [4.78, 5) is 23.9. The normalized spacial score (nSPS) is 11.6. The molecule has 0 aromatic carbocycles. The van der Waals surface area contributed by atoms with Crippen molar-refractivity contribution in [2.24, 2.45) is 5.41 Å². The van der Waals surface area contributed by atoms with Crippen molar-refractivity contribution in [3.63, 3.8) is 0 Å². The Hall–Kier alpha value is -2.32. The number of nitrogens with zero attached hydrogens (tertiary/aromatic N) is 3. The lowest BCUT2D eigenvalue weighted by Gasteiger charge is -2.26. The van der Waals surface area contributed by atoms with E-state index in [-0.39, 0.29) is 17.4 Å². The molecule has 0 saturated heterocycles. The Morgan fingerprint density at radius 2 is 1.50 bits per heavy atom. The molecular formula is C15H27N5O4. The van der Waals surface area contributed by atoms with Crippen molar-refractivity contribution in [3.8, 4) is 12.0 Å². The van der Waals surface area contributed by atoms with E-state index in [4.69, 9.17) is 14.2 Å². The van der Waals surface area contributed by atoms with Crippen molar-refractivity contribution < 1.29 is 19.0 Å². The van der Waals surface area contributed by atoms with Gasteiger partial charge in [0.05, 0.1) is 14.2 Å². The second-order valence-corrected chi connectivity index (χ2v) is 7.01. The van der Waals surface area contributed by atoms with Gasteiger partial charge in [0, 0.05) is 13.1 Å². The van der Waals surface area contributed by atoms with Gasteiger partial charge in [-0.1, -0.05) is 13.8 Å². The van der Waals surface area contributed by atoms with Crippen LogP contribution in [0.3, 0.4) is 0 Å². The minimum Gasteiger partial charge on any atom is -0.467 e. The molecule has 9 nitrogen and oxygen atoms in total. The van der Waals surface area contributed by atoms with Gasteiger partial charge in [-0.25, -0.2) is 4.79 Å². The third kappa shape index (κ3) is 7.30. The maximum Gasteiger partial charge on any atom is 0.407 e. The van der Waals surface area contributed by atoms with E-state index in [1.165, 1.54) is 14.2 Å². The molecule has 0 radical (unpaired) electrons. The Balaban J connectivity index is 2.57. The van der Waals surface area contributed by atoms with Crippen LogP contribution >= 0.6 is 0 Å². The average molecular weight is 341 g/mol. The van der Waals surface area contributed by atoms with Crippen molar-refractivity contribution in [2.45, 2.75) is 40.2 Å². The number of methoxy groups -OCH3 is 2. The summed E-state index contributed by atoms with van der Waals surface area (Å²) in [7, 11) is 2.93. The maximum absolute atomic E-state index is 11.7. The van der Waals surface area contributed by atoms with Crippen LogP contribution in [0.4, 0.5) is 10.7 Å². The van der Waals surface area contributed by atoms with E-state index in [1.807, 2.05) is 34.6 Å². The van der Waals surface area contributed by atoms with E-state index in [0.717, 1.165) is 0 Å². The first-order valence-electron chi connectivity index (χ1n) is 7.59. The molecular weight excluding hydrogens is 314 g/mol. The van der Waals surface area contributed by atoms with E-state index in [9.17, 15) is 4.79 Å². The van der Waals surface area contributed by atoms with Gasteiger partial charge in [0.15, 0.2) is 0 Å². The second kappa shape index (κ2) is 7.98. The van der Waals surface area contributed by atoms with Crippen molar-refractivity contribution in [2.75, 3.05) is 32.6 Å². The predicted molar refractivity (Wildman–Crippen MR) is 89.4 cm³/mol. The van der Waals surface area contributed by atoms with Gasteiger partial charge in [0.1, 0.15) is 5.60 Å². The summed E-state index contributed by atoms with van der Waals surface area (Å²) in [5.41, 5.74) is -0.783. The molecule has 0 aliphatic carbocycles. The van der Waals surface area contributed by atoms with Gasteiger partial charge in [0.25, 0.3) is 0 Å². The molecule has 9 heteroatoms. The quantitative estimate of drug-likeness (QED) is 0.773. The lowest BCUT2D eigenvalue weighted by Crippen LogP contribution is -2.40. The Kier molecular flexibility index (Phi) is 6.56. The molecule has 136 valence electrons. The number of hydrogen-bond acceptors (Lipinski definition) is 8. The third-order valence-electron chi connectivity index (χ3n) is 2.79. The Labute approximate surface area is 142 Å². The number of anilines is 1. The number of hydrogen-bond donors (Lipinski definition) is 2. The summed E-state index contributed by atoms with van der Waals surface area (Å²) in [6.07, 6.45) is -0.445. The highest BCUT2D eigenvalue weighted by atomic mass is 16.6. The summed E-state index contributed by atoms with van der Waals surface area (Å²) in [6.45, 7) is 10.4. The largest absolute Gasteiger partial charge is 0.467 e. The lowest BCUT2D eigenvalue weighted by atomic mass is 9.93. The molecule has 0 spiro atoms. The second-order valence-electron chi connectivity index (χ2n) is 7.01. The maximum atomic E-state index is 11.7. The summed E-state index contributed by atoms with van der Waals surface area (Å²) in [5, 5.41) is 5.85. The van der Waals surface area contributed by atoms with Gasteiger partial charge in [-0.2, -0.15) is 9.97 Å². The van der Waals surface area contributed by atoms with Crippen LogP contribution in [0.2, 0.25) is 0 Å². The summed E-state index contributed by atoms with van der Waals surface area (Å²) in [5.74, 6) is 0.337. The standard InChI is InChI=1S/C15H27N5O4/c1-14(2,3)24-13(21)17-9-15(4,5)8-16-10-18-11(22-6)20-12(19-10)23-7/h8-9H2,1-7H3,(H,17,21)(H,16,18,19,20).